The predicted octanol–water partition coefficient (Wildman–Crippen LogP) is 7.04. The molecule has 1 saturated heterocycles. The van der Waals surface area contributed by atoms with E-state index < -0.39 is 4.92 Å². The third-order valence-electron chi connectivity index (χ3n) is 5.07. The van der Waals surface area contributed by atoms with Crippen LogP contribution in [0.4, 0.5) is 11.4 Å². The number of halogens is 2. The van der Waals surface area contributed by atoms with Crippen molar-refractivity contribution in [1.82, 2.24) is 5.32 Å². The first-order valence-electron chi connectivity index (χ1n) is 10.6. The van der Waals surface area contributed by atoms with Crippen LogP contribution in [0.2, 0.25) is 5.02 Å². The maximum Gasteiger partial charge on any atom is 0.269 e. The molecule has 10 heteroatoms. The number of hydrogen-bond acceptors (Lipinski definition) is 6. The molecule has 0 bridgehead atoms. The molecule has 0 saturated carbocycles. The SMILES string of the molecule is CCc1ccc(N=C2NC(=O)/C(=C/c3cc(Cl)c(OCc4ccc([N+](=O)[O-])cc4)c(Br)c3)S2)cc1. The molecule has 1 aliphatic rings. The van der Waals surface area contributed by atoms with Gasteiger partial charge in [0.1, 0.15) is 6.61 Å². The van der Waals surface area contributed by atoms with Crippen molar-refractivity contribution in [3.05, 3.63) is 102 Å². The molecule has 1 N–H and O–H groups in total. The van der Waals surface area contributed by atoms with Gasteiger partial charge in [0, 0.05) is 12.1 Å². The number of hydrogen-bond donors (Lipinski definition) is 1. The van der Waals surface area contributed by atoms with E-state index in [-0.39, 0.29) is 18.2 Å². The van der Waals surface area contributed by atoms with Gasteiger partial charge in [0.25, 0.3) is 11.6 Å². The van der Waals surface area contributed by atoms with Gasteiger partial charge in [0.2, 0.25) is 0 Å². The highest BCUT2D eigenvalue weighted by Crippen LogP contribution is 2.37. The highest BCUT2D eigenvalue weighted by Gasteiger charge is 2.24. The number of carbonyl (C=O) groups excluding carboxylic acids is 1. The minimum atomic E-state index is -0.452. The molecule has 0 spiro atoms. The van der Waals surface area contributed by atoms with Crippen LogP contribution in [0.5, 0.6) is 5.75 Å². The molecule has 1 heterocycles. The van der Waals surface area contributed by atoms with E-state index in [0.29, 0.717) is 25.3 Å². The maximum atomic E-state index is 12.4. The Morgan fingerprint density at radius 3 is 2.46 bits per heavy atom. The van der Waals surface area contributed by atoms with Gasteiger partial charge in [0.05, 0.1) is 25.0 Å². The number of nitrogens with zero attached hydrogens (tertiary/aromatic N) is 2. The van der Waals surface area contributed by atoms with Crippen LogP contribution in [0.1, 0.15) is 23.6 Å². The van der Waals surface area contributed by atoms with Crippen LogP contribution >= 0.6 is 39.3 Å². The number of aliphatic imine (C=N–C) groups is 1. The summed E-state index contributed by atoms with van der Waals surface area (Å²) in [5, 5.41) is 14.5. The average Bonchev–Trinajstić information content (AvgIpc) is 3.17. The van der Waals surface area contributed by atoms with Crippen LogP contribution in [0, 0.1) is 10.1 Å². The lowest BCUT2D eigenvalue weighted by Gasteiger charge is -2.11. The quantitative estimate of drug-likeness (QED) is 0.186. The highest BCUT2D eigenvalue weighted by atomic mass is 79.9. The lowest BCUT2D eigenvalue weighted by atomic mass is 10.2. The number of benzene rings is 3. The molecule has 0 aliphatic carbocycles. The summed E-state index contributed by atoms with van der Waals surface area (Å²) in [7, 11) is 0. The zero-order chi connectivity index (χ0) is 24.9. The first-order valence-corrected chi connectivity index (χ1v) is 12.5. The number of nitrogens with one attached hydrogen (secondary N) is 1. The van der Waals surface area contributed by atoms with E-state index in [9.17, 15) is 14.9 Å². The Morgan fingerprint density at radius 2 is 1.83 bits per heavy atom. The van der Waals surface area contributed by atoms with E-state index in [2.05, 4.69) is 33.2 Å². The fourth-order valence-corrected chi connectivity index (χ4v) is 5.06. The Kier molecular flexibility index (Phi) is 7.90. The molecule has 35 heavy (non-hydrogen) atoms. The normalized spacial score (nSPS) is 15.5. The molecule has 7 nitrogen and oxygen atoms in total. The van der Waals surface area contributed by atoms with Crippen molar-refractivity contribution in [2.45, 2.75) is 20.0 Å². The van der Waals surface area contributed by atoms with Gasteiger partial charge in [-0.25, -0.2) is 4.99 Å². The van der Waals surface area contributed by atoms with E-state index in [1.165, 1.54) is 29.5 Å². The summed E-state index contributed by atoms with van der Waals surface area (Å²) in [6.45, 7) is 2.28. The summed E-state index contributed by atoms with van der Waals surface area (Å²) in [6.07, 6.45) is 2.69. The summed E-state index contributed by atoms with van der Waals surface area (Å²) in [6, 6.07) is 17.5. The van der Waals surface area contributed by atoms with Crippen LogP contribution in [0.15, 0.2) is 75.0 Å². The van der Waals surface area contributed by atoms with Crippen molar-refractivity contribution in [2.24, 2.45) is 4.99 Å². The molecule has 4 rings (SSSR count). The molecule has 0 radical (unpaired) electrons. The van der Waals surface area contributed by atoms with E-state index in [1.54, 1.807) is 30.3 Å². The summed E-state index contributed by atoms with van der Waals surface area (Å²) in [5.41, 5.74) is 3.49. The monoisotopic (exact) mass is 571 g/mol. The van der Waals surface area contributed by atoms with Crippen LogP contribution < -0.4 is 10.1 Å². The second kappa shape index (κ2) is 11.1. The largest absolute Gasteiger partial charge is 0.486 e. The minimum absolute atomic E-state index is 0.0155. The van der Waals surface area contributed by atoms with Crippen molar-refractivity contribution >= 4 is 67.8 Å². The van der Waals surface area contributed by atoms with E-state index in [4.69, 9.17) is 16.3 Å². The summed E-state index contributed by atoms with van der Waals surface area (Å²) < 4.78 is 6.44. The van der Waals surface area contributed by atoms with Crippen LogP contribution in [0.25, 0.3) is 6.08 Å². The molecule has 1 aliphatic heterocycles. The number of aryl methyl sites for hydroxylation is 1. The van der Waals surface area contributed by atoms with Crippen molar-refractivity contribution < 1.29 is 14.5 Å². The Hall–Kier alpha value is -3.14. The summed E-state index contributed by atoms with van der Waals surface area (Å²) in [4.78, 5) is 27.8. The number of nitro groups is 1. The first kappa shape index (κ1) is 25.0. The van der Waals surface area contributed by atoms with Gasteiger partial charge in [-0.2, -0.15) is 0 Å². The van der Waals surface area contributed by atoms with Gasteiger partial charge >= 0.3 is 0 Å². The average molecular weight is 573 g/mol. The zero-order valence-corrected chi connectivity index (χ0v) is 21.6. The Morgan fingerprint density at radius 1 is 1.14 bits per heavy atom. The zero-order valence-electron chi connectivity index (χ0n) is 18.5. The minimum Gasteiger partial charge on any atom is -0.486 e. The number of ether oxygens (including phenoxy) is 1. The lowest BCUT2D eigenvalue weighted by molar-refractivity contribution is -0.384. The fraction of sp³-hybridized carbons (Fsp3) is 0.120. The molecule has 1 fully saturated rings. The lowest BCUT2D eigenvalue weighted by Crippen LogP contribution is -2.19. The summed E-state index contributed by atoms with van der Waals surface area (Å²) in [5.74, 6) is 0.207. The molecule has 3 aromatic rings. The standard InChI is InChI=1S/C25H19BrClN3O4S/c1-2-15-3-7-18(8-4-15)28-25-29-24(31)22(35-25)13-17-11-20(26)23(21(27)12-17)34-14-16-5-9-19(10-6-16)30(32)33/h3-13H,2,14H2,1H3,(H,28,29,31)/b22-13-. The number of amidine groups is 1. The number of non-ortho nitro benzene ring substituents is 1. The van der Waals surface area contributed by atoms with E-state index in [1.807, 2.05) is 24.3 Å². The molecule has 1 amide bonds. The van der Waals surface area contributed by atoms with E-state index >= 15 is 0 Å². The Balaban J connectivity index is 1.46. The fourth-order valence-electron chi connectivity index (χ4n) is 3.23. The second-order valence-electron chi connectivity index (χ2n) is 7.53. The molecular weight excluding hydrogens is 554 g/mol. The Labute approximate surface area is 219 Å². The molecule has 0 aromatic heterocycles. The van der Waals surface area contributed by atoms with Gasteiger partial charge < -0.3 is 10.1 Å². The van der Waals surface area contributed by atoms with Gasteiger partial charge in [-0.1, -0.05) is 30.7 Å². The number of rotatable bonds is 7. The molecule has 0 atom stereocenters. The topological polar surface area (TPSA) is 93.8 Å². The predicted molar refractivity (Wildman–Crippen MR) is 143 cm³/mol. The van der Waals surface area contributed by atoms with Gasteiger partial charge in [0.15, 0.2) is 10.9 Å². The van der Waals surface area contributed by atoms with E-state index in [0.717, 1.165) is 23.2 Å². The van der Waals surface area contributed by atoms with Crippen LogP contribution in [0.3, 0.4) is 0 Å². The van der Waals surface area contributed by atoms with Crippen molar-refractivity contribution in [3.8, 4) is 5.75 Å². The Bertz CT molecular complexity index is 1320. The smallest absolute Gasteiger partial charge is 0.269 e. The van der Waals surface area contributed by atoms with Crippen molar-refractivity contribution in [1.29, 1.82) is 0 Å². The third kappa shape index (κ3) is 6.30. The summed E-state index contributed by atoms with van der Waals surface area (Å²) >= 11 is 11.2. The van der Waals surface area contributed by atoms with Crippen LogP contribution in [-0.4, -0.2) is 16.0 Å². The molecule has 3 aromatic carbocycles. The number of amides is 1. The van der Waals surface area contributed by atoms with Crippen molar-refractivity contribution in [2.75, 3.05) is 0 Å². The number of carbonyl (C=O) groups is 1. The van der Waals surface area contributed by atoms with Gasteiger partial charge in [-0.3, -0.25) is 14.9 Å². The first-order chi connectivity index (χ1) is 16.8. The molecule has 0 unspecified atom stereocenters. The van der Waals surface area contributed by atoms with Gasteiger partial charge in [-0.05, 0) is 93.3 Å². The second-order valence-corrected chi connectivity index (χ2v) is 9.82. The van der Waals surface area contributed by atoms with Crippen molar-refractivity contribution in [3.63, 3.8) is 0 Å². The molecular formula is C25H19BrClN3O4S. The number of nitro benzene ring substituents is 1. The highest BCUT2D eigenvalue weighted by molar-refractivity contribution is 9.10. The third-order valence-corrected chi connectivity index (χ3v) is 6.85. The van der Waals surface area contributed by atoms with Crippen LogP contribution in [-0.2, 0) is 17.8 Å². The molecule has 178 valence electrons. The maximum absolute atomic E-state index is 12.4. The van der Waals surface area contributed by atoms with Gasteiger partial charge in [-0.15, -0.1) is 0 Å². The number of thioether (sulfide) groups is 1.